The molecule has 0 atom stereocenters. The summed E-state index contributed by atoms with van der Waals surface area (Å²) in [5, 5.41) is 10.9. The zero-order valence-electron chi connectivity index (χ0n) is 16.3. The standard InChI is InChI=1S/C22H29F5O/c1-2-3-14-4-6-15(7-5-14)16-10-12-21(28,13-11-16)17-8-9-18(22(25,26)27)20(24)19(17)23/h8-9,14-16,28H,2-7,10-13H2,1H3. The lowest BCUT2D eigenvalue weighted by Crippen LogP contribution is -2.35. The van der Waals surface area contributed by atoms with Crippen LogP contribution in [-0.2, 0) is 11.8 Å². The van der Waals surface area contributed by atoms with Crippen molar-refractivity contribution in [3.05, 3.63) is 34.9 Å². The normalized spacial score (nSPS) is 31.8. The van der Waals surface area contributed by atoms with Gasteiger partial charge in [0.2, 0.25) is 0 Å². The number of benzene rings is 1. The topological polar surface area (TPSA) is 20.2 Å². The number of hydrogen-bond acceptors (Lipinski definition) is 1. The average Bonchev–Trinajstić information content (AvgIpc) is 2.64. The lowest BCUT2D eigenvalue weighted by molar-refractivity contribution is -0.140. The second kappa shape index (κ2) is 8.29. The van der Waals surface area contributed by atoms with Crippen LogP contribution in [-0.4, -0.2) is 5.11 Å². The molecule has 0 aliphatic heterocycles. The molecule has 6 heteroatoms. The van der Waals surface area contributed by atoms with Crippen LogP contribution in [0.15, 0.2) is 12.1 Å². The van der Waals surface area contributed by atoms with E-state index >= 15 is 0 Å². The summed E-state index contributed by atoms with van der Waals surface area (Å²) in [6, 6.07) is 1.43. The first-order chi connectivity index (χ1) is 13.2. The quantitative estimate of drug-likeness (QED) is 0.538. The number of alkyl halides is 3. The Labute approximate surface area is 163 Å². The molecule has 2 fully saturated rings. The van der Waals surface area contributed by atoms with Gasteiger partial charge < -0.3 is 5.11 Å². The van der Waals surface area contributed by atoms with E-state index in [-0.39, 0.29) is 18.4 Å². The average molecular weight is 404 g/mol. The van der Waals surface area contributed by atoms with Crippen molar-refractivity contribution in [3.63, 3.8) is 0 Å². The molecule has 0 saturated heterocycles. The van der Waals surface area contributed by atoms with Crippen LogP contribution in [0.5, 0.6) is 0 Å². The Kier molecular flexibility index (Phi) is 6.38. The van der Waals surface area contributed by atoms with Crippen molar-refractivity contribution in [2.75, 3.05) is 0 Å². The van der Waals surface area contributed by atoms with E-state index in [4.69, 9.17) is 0 Å². The Hall–Kier alpha value is -1.17. The first-order valence-corrected chi connectivity index (χ1v) is 10.4. The zero-order chi connectivity index (χ0) is 20.5. The van der Waals surface area contributed by atoms with Crippen molar-refractivity contribution in [1.29, 1.82) is 0 Å². The number of halogens is 5. The van der Waals surface area contributed by atoms with Crippen LogP contribution in [0, 0.1) is 29.4 Å². The molecule has 0 bridgehead atoms. The fraction of sp³-hybridized carbons (Fsp3) is 0.727. The van der Waals surface area contributed by atoms with Crippen molar-refractivity contribution < 1.29 is 27.1 Å². The van der Waals surface area contributed by atoms with Gasteiger partial charge in [-0.2, -0.15) is 13.2 Å². The largest absolute Gasteiger partial charge is 0.419 e. The summed E-state index contributed by atoms with van der Waals surface area (Å²) < 4.78 is 66.6. The molecule has 2 aliphatic carbocycles. The molecule has 1 nitrogen and oxygen atoms in total. The molecule has 158 valence electrons. The molecule has 0 amide bonds. The minimum Gasteiger partial charge on any atom is -0.385 e. The van der Waals surface area contributed by atoms with E-state index in [0.717, 1.165) is 12.0 Å². The van der Waals surface area contributed by atoms with E-state index in [9.17, 15) is 27.1 Å². The first-order valence-electron chi connectivity index (χ1n) is 10.4. The van der Waals surface area contributed by atoms with Gasteiger partial charge in [0.25, 0.3) is 0 Å². The Bertz CT molecular complexity index is 668. The number of rotatable bonds is 4. The SMILES string of the molecule is CCCC1CCC(C2CCC(O)(c3ccc(C(F)(F)F)c(F)c3F)CC2)CC1. The van der Waals surface area contributed by atoms with Crippen LogP contribution in [0.25, 0.3) is 0 Å². The summed E-state index contributed by atoms with van der Waals surface area (Å²) in [7, 11) is 0. The molecular formula is C22H29F5O. The highest BCUT2D eigenvalue weighted by atomic mass is 19.4. The van der Waals surface area contributed by atoms with Gasteiger partial charge in [-0.3, -0.25) is 0 Å². The minimum absolute atomic E-state index is 0.258. The predicted molar refractivity (Wildman–Crippen MR) is 97.6 cm³/mol. The molecule has 1 N–H and O–H groups in total. The molecule has 0 radical (unpaired) electrons. The summed E-state index contributed by atoms with van der Waals surface area (Å²) in [6.07, 6.45) is 4.26. The second-order valence-corrected chi connectivity index (χ2v) is 8.72. The molecule has 0 aromatic heterocycles. The van der Waals surface area contributed by atoms with Gasteiger partial charge in [-0.1, -0.05) is 38.7 Å². The molecule has 2 aliphatic rings. The maximum absolute atomic E-state index is 14.4. The van der Waals surface area contributed by atoms with Crippen molar-refractivity contribution in [2.45, 2.75) is 82.9 Å². The highest BCUT2D eigenvalue weighted by molar-refractivity contribution is 5.32. The monoisotopic (exact) mass is 404 g/mol. The fourth-order valence-corrected chi connectivity index (χ4v) is 5.34. The van der Waals surface area contributed by atoms with Gasteiger partial charge in [0.1, 0.15) is 0 Å². The molecule has 0 spiro atoms. The summed E-state index contributed by atoms with van der Waals surface area (Å²) in [4.78, 5) is 0. The molecular weight excluding hydrogens is 375 g/mol. The zero-order valence-corrected chi connectivity index (χ0v) is 16.3. The van der Waals surface area contributed by atoms with Gasteiger partial charge >= 0.3 is 6.18 Å². The number of aliphatic hydroxyl groups is 1. The summed E-state index contributed by atoms with van der Waals surface area (Å²) in [6.45, 7) is 2.21. The van der Waals surface area contributed by atoms with E-state index in [1.807, 2.05) is 0 Å². The molecule has 2 saturated carbocycles. The van der Waals surface area contributed by atoms with Gasteiger partial charge in [-0.25, -0.2) is 8.78 Å². The lowest BCUT2D eigenvalue weighted by Gasteiger charge is -2.41. The van der Waals surface area contributed by atoms with Gasteiger partial charge in [-0.05, 0) is 62.3 Å². The van der Waals surface area contributed by atoms with Gasteiger partial charge in [0.15, 0.2) is 11.6 Å². The van der Waals surface area contributed by atoms with Gasteiger partial charge in [0, 0.05) is 5.56 Å². The lowest BCUT2D eigenvalue weighted by atomic mass is 9.66. The summed E-state index contributed by atoms with van der Waals surface area (Å²) in [5.41, 5.74) is -3.57. The predicted octanol–water partition coefficient (Wildman–Crippen LogP) is 6.97. The van der Waals surface area contributed by atoms with Crippen LogP contribution in [0.3, 0.4) is 0 Å². The third-order valence-electron chi connectivity index (χ3n) is 7.00. The fourth-order valence-electron chi connectivity index (χ4n) is 5.34. The van der Waals surface area contributed by atoms with Gasteiger partial charge in [0.05, 0.1) is 11.2 Å². The van der Waals surface area contributed by atoms with Crippen LogP contribution >= 0.6 is 0 Å². The third-order valence-corrected chi connectivity index (χ3v) is 7.00. The van der Waals surface area contributed by atoms with Crippen LogP contribution in [0.4, 0.5) is 22.0 Å². The molecule has 0 heterocycles. The summed E-state index contributed by atoms with van der Waals surface area (Å²) >= 11 is 0. The highest BCUT2D eigenvalue weighted by Gasteiger charge is 2.42. The molecule has 1 aromatic rings. The molecule has 28 heavy (non-hydrogen) atoms. The van der Waals surface area contributed by atoms with E-state index in [2.05, 4.69) is 6.92 Å². The van der Waals surface area contributed by atoms with Gasteiger partial charge in [-0.15, -0.1) is 0 Å². The van der Waals surface area contributed by atoms with Crippen molar-refractivity contribution in [1.82, 2.24) is 0 Å². The number of hydrogen-bond donors (Lipinski definition) is 1. The maximum Gasteiger partial charge on any atom is 0.419 e. The third kappa shape index (κ3) is 4.37. The van der Waals surface area contributed by atoms with E-state index in [1.54, 1.807) is 0 Å². The Morgan fingerprint density at radius 1 is 0.929 bits per heavy atom. The van der Waals surface area contributed by atoms with Crippen molar-refractivity contribution >= 4 is 0 Å². The van der Waals surface area contributed by atoms with Crippen molar-refractivity contribution in [2.24, 2.45) is 17.8 Å². The minimum atomic E-state index is -4.96. The van der Waals surface area contributed by atoms with E-state index in [1.165, 1.54) is 38.5 Å². The molecule has 0 unspecified atom stereocenters. The van der Waals surface area contributed by atoms with Crippen molar-refractivity contribution in [3.8, 4) is 0 Å². The van der Waals surface area contributed by atoms with Crippen LogP contribution in [0.1, 0.15) is 82.3 Å². The highest BCUT2D eigenvalue weighted by Crippen LogP contribution is 2.47. The van der Waals surface area contributed by atoms with E-state index < -0.39 is 29.0 Å². The maximum atomic E-state index is 14.4. The molecule has 3 rings (SSSR count). The second-order valence-electron chi connectivity index (χ2n) is 8.72. The summed E-state index contributed by atoms with van der Waals surface area (Å²) in [5.74, 6) is -1.63. The molecule has 1 aromatic carbocycles. The van der Waals surface area contributed by atoms with Crippen LogP contribution < -0.4 is 0 Å². The Morgan fingerprint density at radius 2 is 1.50 bits per heavy atom. The Balaban J connectivity index is 1.66. The Morgan fingerprint density at radius 3 is 2.04 bits per heavy atom. The van der Waals surface area contributed by atoms with Crippen LogP contribution in [0.2, 0.25) is 0 Å². The van der Waals surface area contributed by atoms with E-state index in [0.29, 0.717) is 30.7 Å². The first kappa shape index (κ1) is 21.5. The smallest absolute Gasteiger partial charge is 0.385 e.